The first kappa shape index (κ1) is 13.6. The maximum Gasteiger partial charge on any atom is 0.142 e. The van der Waals surface area contributed by atoms with Gasteiger partial charge in [-0.25, -0.2) is 0 Å². The maximum atomic E-state index is 12.3. The molecular formula is C15H16BrN3O. The molecular weight excluding hydrogens is 318 g/mol. The highest BCUT2D eigenvalue weighted by atomic mass is 79.9. The average Bonchev–Trinajstić information content (AvgIpc) is 2.47. The first-order valence-electron chi connectivity index (χ1n) is 6.86. The van der Waals surface area contributed by atoms with Crippen molar-refractivity contribution in [3.63, 3.8) is 0 Å². The summed E-state index contributed by atoms with van der Waals surface area (Å²) in [5.74, 6) is 0.496. The Labute approximate surface area is 126 Å². The van der Waals surface area contributed by atoms with Crippen molar-refractivity contribution >= 4 is 32.6 Å². The summed E-state index contributed by atoms with van der Waals surface area (Å²) in [5, 5.41) is 4.30. The van der Waals surface area contributed by atoms with Gasteiger partial charge in [0.2, 0.25) is 0 Å². The first-order valence-corrected chi connectivity index (χ1v) is 7.65. The highest BCUT2D eigenvalue weighted by Gasteiger charge is 2.21. The number of nitrogens with zero attached hydrogens (tertiary/aromatic N) is 2. The molecule has 0 atom stereocenters. The minimum absolute atomic E-state index is 0.189. The Morgan fingerprint density at radius 1 is 1.25 bits per heavy atom. The molecule has 104 valence electrons. The lowest BCUT2D eigenvalue weighted by atomic mass is 9.91. The van der Waals surface area contributed by atoms with Crippen LogP contribution in [-0.4, -0.2) is 28.8 Å². The second-order valence-corrected chi connectivity index (χ2v) is 6.10. The van der Waals surface area contributed by atoms with Crippen molar-refractivity contribution in [3.05, 3.63) is 34.7 Å². The number of nitrogens with one attached hydrogen (secondary N) is 1. The Morgan fingerprint density at radius 2 is 2.05 bits per heavy atom. The van der Waals surface area contributed by atoms with Gasteiger partial charge in [0.15, 0.2) is 0 Å². The number of carbonyl (C=O) groups excluding carboxylic acids is 1. The van der Waals surface area contributed by atoms with Crippen LogP contribution in [0.3, 0.4) is 0 Å². The summed E-state index contributed by atoms with van der Waals surface area (Å²) in [6.45, 7) is 1.89. The second kappa shape index (κ2) is 5.97. The molecule has 4 nitrogen and oxygen atoms in total. The van der Waals surface area contributed by atoms with Gasteiger partial charge in [-0.1, -0.05) is 0 Å². The van der Waals surface area contributed by atoms with Crippen molar-refractivity contribution in [3.8, 4) is 0 Å². The minimum atomic E-state index is 0.189. The Bertz CT molecular complexity index is 638. The van der Waals surface area contributed by atoms with Crippen molar-refractivity contribution in [2.75, 3.05) is 13.1 Å². The Morgan fingerprint density at radius 3 is 2.85 bits per heavy atom. The van der Waals surface area contributed by atoms with E-state index >= 15 is 0 Å². The van der Waals surface area contributed by atoms with Crippen LogP contribution in [0.2, 0.25) is 0 Å². The molecule has 3 heterocycles. The lowest BCUT2D eigenvalue weighted by molar-refractivity contribution is -0.123. The van der Waals surface area contributed by atoms with Gasteiger partial charge in [0.05, 0.1) is 11.7 Å². The predicted molar refractivity (Wildman–Crippen MR) is 81.5 cm³/mol. The molecule has 1 N–H and O–H groups in total. The van der Waals surface area contributed by atoms with E-state index in [9.17, 15) is 4.79 Å². The van der Waals surface area contributed by atoms with Gasteiger partial charge in [-0.15, -0.1) is 0 Å². The zero-order valence-electron chi connectivity index (χ0n) is 11.1. The number of Topliss-reactive ketones (excluding diaryl/α,β-unsaturated/α-hetero) is 1. The molecule has 0 aromatic carbocycles. The molecule has 2 aromatic rings. The van der Waals surface area contributed by atoms with E-state index in [1.54, 1.807) is 12.4 Å². The molecule has 0 spiro atoms. The van der Waals surface area contributed by atoms with Gasteiger partial charge in [-0.2, -0.15) is 0 Å². The van der Waals surface area contributed by atoms with Gasteiger partial charge >= 0.3 is 0 Å². The van der Waals surface area contributed by atoms with Crippen LogP contribution in [0.4, 0.5) is 0 Å². The highest BCUT2D eigenvalue weighted by molar-refractivity contribution is 9.10. The molecule has 0 saturated carbocycles. The van der Waals surface area contributed by atoms with Crippen molar-refractivity contribution in [2.45, 2.75) is 19.3 Å². The van der Waals surface area contributed by atoms with E-state index in [-0.39, 0.29) is 5.92 Å². The van der Waals surface area contributed by atoms with Crippen molar-refractivity contribution in [2.24, 2.45) is 5.92 Å². The lowest BCUT2D eigenvalue weighted by Gasteiger charge is -2.21. The molecule has 5 heteroatoms. The smallest absolute Gasteiger partial charge is 0.142 e. The highest BCUT2D eigenvalue weighted by Crippen LogP contribution is 2.19. The molecule has 3 rings (SSSR count). The normalized spacial score (nSPS) is 16.4. The van der Waals surface area contributed by atoms with Gasteiger partial charge in [-0.3, -0.25) is 14.8 Å². The van der Waals surface area contributed by atoms with E-state index in [0.717, 1.165) is 47.0 Å². The van der Waals surface area contributed by atoms with E-state index < -0.39 is 0 Å². The van der Waals surface area contributed by atoms with E-state index in [4.69, 9.17) is 0 Å². The van der Waals surface area contributed by atoms with Crippen LogP contribution in [0.5, 0.6) is 0 Å². The molecule has 1 aliphatic heterocycles. The number of aromatic nitrogens is 2. The first-order chi connectivity index (χ1) is 9.72. The molecule has 1 aliphatic rings. The van der Waals surface area contributed by atoms with E-state index in [1.165, 1.54) is 0 Å². The van der Waals surface area contributed by atoms with E-state index in [2.05, 4.69) is 31.2 Å². The number of fused-ring (bicyclic) bond motifs is 1. The summed E-state index contributed by atoms with van der Waals surface area (Å²) >= 11 is 3.41. The number of hydrogen-bond donors (Lipinski definition) is 1. The van der Waals surface area contributed by atoms with Gasteiger partial charge in [-0.05, 0) is 54.0 Å². The summed E-state index contributed by atoms with van der Waals surface area (Å²) in [5.41, 5.74) is 1.69. The SMILES string of the molecule is O=C(Cc1cc2cc(Br)cnc2cn1)C1CCNCC1. The zero-order valence-corrected chi connectivity index (χ0v) is 12.7. The molecule has 0 radical (unpaired) electrons. The number of halogens is 1. The van der Waals surface area contributed by atoms with Gasteiger partial charge in [0, 0.05) is 34.1 Å². The quantitative estimate of drug-likeness (QED) is 0.937. The number of hydrogen-bond acceptors (Lipinski definition) is 4. The van der Waals surface area contributed by atoms with Crippen LogP contribution in [-0.2, 0) is 11.2 Å². The molecule has 20 heavy (non-hydrogen) atoms. The van der Waals surface area contributed by atoms with E-state index in [1.807, 2.05) is 12.1 Å². The molecule has 0 unspecified atom stereocenters. The summed E-state index contributed by atoms with van der Waals surface area (Å²) in [6, 6.07) is 3.97. The largest absolute Gasteiger partial charge is 0.317 e. The molecule has 2 aromatic heterocycles. The van der Waals surface area contributed by atoms with Gasteiger partial charge in [0.1, 0.15) is 5.78 Å². The third-order valence-corrected chi connectivity index (χ3v) is 4.17. The number of rotatable bonds is 3. The fraction of sp³-hybridized carbons (Fsp3) is 0.400. The predicted octanol–water partition coefficient (Wildman–Crippen LogP) is 2.50. The molecule has 0 aliphatic carbocycles. The van der Waals surface area contributed by atoms with Crippen LogP contribution < -0.4 is 5.32 Å². The van der Waals surface area contributed by atoms with Crippen LogP contribution in [0, 0.1) is 5.92 Å². The Kier molecular flexibility index (Phi) is 4.08. The monoisotopic (exact) mass is 333 g/mol. The number of piperidine rings is 1. The number of ketones is 1. The second-order valence-electron chi connectivity index (χ2n) is 5.19. The number of carbonyl (C=O) groups is 1. The summed E-state index contributed by atoms with van der Waals surface area (Å²) in [6.07, 6.45) is 5.81. The van der Waals surface area contributed by atoms with Crippen LogP contribution in [0.25, 0.3) is 10.9 Å². The summed E-state index contributed by atoms with van der Waals surface area (Å²) in [7, 11) is 0. The van der Waals surface area contributed by atoms with Crippen LogP contribution >= 0.6 is 15.9 Å². The fourth-order valence-electron chi connectivity index (χ4n) is 2.61. The average molecular weight is 334 g/mol. The molecule has 0 bridgehead atoms. The molecule has 0 amide bonds. The standard InChI is InChI=1S/C15H16BrN3O/c16-12-5-11-6-13(18-9-14(11)19-8-12)7-15(20)10-1-3-17-4-2-10/h5-6,8-10,17H,1-4,7H2. The third kappa shape index (κ3) is 3.04. The summed E-state index contributed by atoms with van der Waals surface area (Å²) in [4.78, 5) is 20.9. The third-order valence-electron chi connectivity index (χ3n) is 3.74. The van der Waals surface area contributed by atoms with Crippen molar-refractivity contribution < 1.29 is 4.79 Å². The molecule has 1 saturated heterocycles. The van der Waals surface area contributed by atoms with Gasteiger partial charge < -0.3 is 5.32 Å². The Balaban J connectivity index is 1.78. The fourth-order valence-corrected chi connectivity index (χ4v) is 2.96. The lowest BCUT2D eigenvalue weighted by Crippen LogP contribution is -2.32. The topological polar surface area (TPSA) is 54.9 Å². The van der Waals surface area contributed by atoms with Gasteiger partial charge in [0.25, 0.3) is 0 Å². The van der Waals surface area contributed by atoms with E-state index in [0.29, 0.717) is 12.2 Å². The maximum absolute atomic E-state index is 12.3. The molecule has 1 fully saturated rings. The number of pyridine rings is 2. The van der Waals surface area contributed by atoms with Crippen molar-refractivity contribution in [1.29, 1.82) is 0 Å². The Hall–Kier alpha value is -1.33. The van der Waals surface area contributed by atoms with Crippen LogP contribution in [0.15, 0.2) is 29.0 Å². The van der Waals surface area contributed by atoms with Crippen molar-refractivity contribution in [1.82, 2.24) is 15.3 Å². The summed E-state index contributed by atoms with van der Waals surface area (Å²) < 4.78 is 0.937. The zero-order chi connectivity index (χ0) is 13.9. The minimum Gasteiger partial charge on any atom is -0.317 e. The van der Waals surface area contributed by atoms with Crippen LogP contribution in [0.1, 0.15) is 18.5 Å².